The molecule has 4 heteroatoms. The van der Waals surface area contributed by atoms with E-state index in [2.05, 4.69) is 21.7 Å². The zero-order valence-corrected chi connectivity index (χ0v) is 13.1. The largest absolute Gasteiger partial charge is 0.313 e. The van der Waals surface area contributed by atoms with Crippen molar-refractivity contribution in [2.24, 2.45) is 0 Å². The van der Waals surface area contributed by atoms with Crippen LogP contribution < -0.4 is 5.32 Å². The van der Waals surface area contributed by atoms with Gasteiger partial charge in [-0.05, 0) is 54.6 Å². The fraction of sp³-hybridized carbons (Fsp3) is 0.412. The molecule has 2 aromatic rings. The maximum Gasteiger partial charge on any atom is 0.123 e. The zero-order valence-electron chi connectivity index (χ0n) is 12.3. The molecule has 2 heterocycles. The molecule has 21 heavy (non-hydrogen) atoms. The molecule has 0 saturated heterocycles. The fourth-order valence-corrected chi connectivity index (χ4v) is 3.87. The molecule has 0 bridgehead atoms. The number of hydrogen-bond donors (Lipinski definition) is 1. The highest BCUT2D eigenvalue weighted by Crippen LogP contribution is 2.25. The molecular weight excluding hydrogens is 283 g/mol. The number of nitrogens with zero attached hydrogens (tertiary/aromatic N) is 1. The van der Waals surface area contributed by atoms with Crippen LogP contribution >= 0.6 is 11.3 Å². The molecule has 3 rings (SSSR count). The maximum atomic E-state index is 13.0. The minimum absolute atomic E-state index is 0.172. The maximum absolute atomic E-state index is 13.0. The molecule has 1 aliphatic rings. The highest BCUT2D eigenvalue weighted by molar-refractivity contribution is 7.10. The van der Waals surface area contributed by atoms with Gasteiger partial charge in [0.15, 0.2) is 0 Å². The molecule has 0 radical (unpaired) electrons. The lowest BCUT2D eigenvalue weighted by molar-refractivity contribution is 0.242. The average molecular weight is 304 g/mol. The molecule has 1 aliphatic heterocycles. The normalized spacial score (nSPS) is 16.7. The quantitative estimate of drug-likeness (QED) is 0.908. The standard InChI is InChI=1S/C17H21FN2S/c1-19-16(13-2-4-15(18)5-3-13)6-9-20-10-7-17-14(12-20)8-11-21-17/h2-5,8,11,16,19H,6-7,9-10,12H2,1H3. The highest BCUT2D eigenvalue weighted by atomic mass is 32.1. The zero-order chi connectivity index (χ0) is 14.7. The van der Waals surface area contributed by atoms with Crippen LogP contribution in [0.3, 0.4) is 0 Å². The minimum atomic E-state index is -0.172. The Hall–Kier alpha value is -1.23. The van der Waals surface area contributed by atoms with E-state index in [1.165, 1.54) is 24.1 Å². The lowest BCUT2D eigenvalue weighted by Crippen LogP contribution is -2.32. The number of thiophene rings is 1. The van der Waals surface area contributed by atoms with Gasteiger partial charge in [0.2, 0.25) is 0 Å². The molecule has 1 aromatic heterocycles. The molecular formula is C17H21FN2S. The Morgan fingerprint density at radius 1 is 1.29 bits per heavy atom. The summed E-state index contributed by atoms with van der Waals surface area (Å²) in [5.41, 5.74) is 2.65. The lowest BCUT2D eigenvalue weighted by atomic mass is 10.0. The molecule has 1 unspecified atom stereocenters. The summed E-state index contributed by atoms with van der Waals surface area (Å²) in [6.45, 7) is 3.28. The number of nitrogens with one attached hydrogen (secondary N) is 1. The minimum Gasteiger partial charge on any atom is -0.313 e. The predicted octanol–water partition coefficient (Wildman–Crippen LogP) is 3.60. The van der Waals surface area contributed by atoms with E-state index in [0.29, 0.717) is 0 Å². The van der Waals surface area contributed by atoms with Crippen LogP contribution in [-0.4, -0.2) is 25.0 Å². The van der Waals surface area contributed by atoms with Gasteiger partial charge in [0.1, 0.15) is 5.82 Å². The van der Waals surface area contributed by atoms with Crippen LogP contribution in [0.1, 0.15) is 28.5 Å². The molecule has 0 spiro atoms. The number of hydrogen-bond acceptors (Lipinski definition) is 3. The first-order valence-corrected chi connectivity index (χ1v) is 8.34. The van der Waals surface area contributed by atoms with Gasteiger partial charge in [0.05, 0.1) is 0 Å². The van der Waals surface area contributed by atoms with Gasteiger partial charge in [-0.15, -0.1) is 11.3 Å². The summed E-state index contributed by atoms with van der Waals surface area (Å²) in [5, 5.41) is 5.54. The molecule has 1 N–H and O–H groups in total. The van der Waals surface area contributed by atoms with Crippen molar-refractivity contribution < 1.29 is 4.39 Å². The van der Waals surface area contributed by atoms with E-state index in [0.717, 1.165) is 31.6 Å². The summed E-state index contributed by atoms with van der Waals surface area (Å²) in [7, 11) is 1.97. The van der Waals surface area contributed by atoms with E-state index < -0.39 is 0 Å². The topological polar surface area (TPSA) is 15.3 Å². The summed E-state index contributed by atoms with van der Waals surface area (Å²) in [6, 6.07) is 9.38. The van der Waals surface area contributed by atoms with Gasteiger partial charge < -0.3 is 5.32 Å². The van der Waals surface area contributed by atoms with Gasteiger partial charge in [-0.25, -0.2) is 4.39 Å². The Balaban J connectivity index is 1.57. The van der Waals surface area contributed by atoms with Crippen molar-refractivity contribution in [3.63, 3.8) is 0 Å². The van der Waals surface area contributed by atoms with Crippen LogP contribution in [-0.2, 0) is 13.0 Å². The molecule has 1 aromatic carbocycles. The van der Waals surface area contributed by atoms with Crippen molar-refractivity contribution in [3.05, 3.63) is 57.5 Å². The van der Waals surface area contributed by atoms with Crippen LogP contribution in [0.15, 0.2) is 35.7 Å². The average Bonchev–Trinajstić information content (AvgIpc) is 2.97. The fourth-order valence-electron chi connectivity index (χ4n) is 2.98. The Kier molecular flexibility index (Phi) is 4.68. The van der Waals surface area contributed by atoms with Crippen LogP contribution in [0.5, 0.6) is 0 Å². The summed E-state index contributed by atoms with van der Waals surface area (Å²) in [5.74, 6) is -0.172. The third-order valence-electron chi connectivity index (χ3n) is 4.24. The van der Waals surface area contributed by atoms with Crippen LogP contribution in [0.2, 0.25) is 0 Å². The number of halogens is 1. The third-order valence-corrected chi connectivity index (χ3v) is 5.26. The molecule has 1 atom stereocenters. The SMILES string of the molecule is CNC(CCN1CCc2sccc2C1)c1ccc(F)cc1. The molecule has 2 nitrogen and oxygen atoms in total. The first-order chi connectivity index (χ1) is 10.3. The highest BCUT2D eigenvalue weighted by Gasteiger charge is 2.18. The van der Waals surface area contributed by atoms with E-state index in [9.17, 15) is 4.39 Å². The number of rotatable bonds is 5. The second-order valence-corrected chi connectivity index (χ2v) is 6.58. The van der Waals surface area contributed by atoms with E-state index in [1.54, 1.807) is 4.88 Å². The Morgan fingerprint density at radius 3 is 2.86 bits per heavy atom. The Labute approximate surface area is 129 Å². The Bertz CT molecular complexity index is 579. The first-order valence-electron chi connectivity index (χ1n) is 7.46. The predicted molar refractivity (Wildman–Crippen MR) is 86.1 cm³/mol. The summed E-state index contributed by atoms with van der Waals surface area (Å²) in [4.78, 5) is 4.07. The van der Waals surface area contributed by atoms with Crippen molar-refractivity contribution in [1.82, 2.24) is 10.2 Å². The monoisotopic (exact) mass is 304 g/mol. The summed E-state index contributed by atoms with van der Waals surface area (Å²) < 4.78 is 13.0. The van der Waals surface area contributed by atoms with Gasteiger partial charge >= 0.3 is 0 Å². The lowest BCUT2D eigenvalue weighted by Gasteiger charge is -2.28. The van der Waals surface area contributed by atoms with Crippen LogP contribution in [0.4, 0.5) is 4.39 Å². The smallest absolute Gasteiger partial charge is 0.123 e. The second kappa shape index (κ2) is 6.69. The number of fused-ring (bicyclic) bond motifs is 1. The van der Waals surface area contributed by atoms with E-state index in [-0.39, 0.29) is 11.9 Å². The van der Waals surface area contributed by atoms with Gasteiger partial charge in [-0.3, -0.25) is 4.90 Å². The van der Waals surface area contributed by atoms with Crippen molar-refractivity contribution in [1.29, 1.82) is 0 Å². The molecule has 0 fully saturated rings. The molecule has 112 valence electrons. The van der Waals surface area contributed by atoms with Crippen molar-refractivity contribution in [2.45, 2.75) is 25.4 Å². The van der Waals surface area contributed by atoms with E-state index >= 15 is 0 Å². The number of benzene rings is 1. The van der Waals surface area contributed by atoms with Crippen LogP contribution in [0, 0.1) is 5.82 Å². The van der Waals surface area contributed by atoms with Gasteiger partial charge in [0, 0.05) is 30.6 Å². The first kappa shape index (κ1) is 14.7. The molecule has 0 saturated carbocycles. The van der Waals surface area contributed by atoms with E-state index in [1.807, 2.05) is 30.5 Å². The van der Waals surface area contributed by atoms with Crippen molar-refractivity contribution >= 4 is 11.3 Å². The molecule has 0 aliphatic carbocycles. The molecule has 0 amide bonds. The van der Waals surface area contributed by atoms with Gasteiger partial charge in [-0.2, -0.15) is 0 Å². The van der Waals surface area contributed by atoms with E-state index in [4.69, 9.17) is 0 Å². The van der Waals surface area contributed by atoms with Crippen molar-refractivity contribution in [2.75, 3.05) is 20.1 Å². The van der Waals surface area contributed by atoms with Crippen LogP contribution in [0.25, 0.3) is 0 Å². The second-order valence-electron chi connectivity index (χ2n) is 5.58. The van der Waals surface area contributed by atoms with Gasteiger partial charge in [-0.1, -0.05) is 12.1 Å². The van der Waals surface area contributed by atoms with Crippen molar-refractivity contribution in [3.8, 4) is 0 Å². The summed E-state index contributed by atoms with van der Waals surface area (Å²) in [6.07, 6.45) is 2.22. The Morgan fingerprint density at radius 2 is 2.10 bits per heavy atom. The summed E-state index contributed by atoms with van der Waals surface area (Å²) >= 11 is 1.88. The third kappa shape index (κ3) is 3.51. The van der Waals surface area contributed by atoms with Gasteiger partial charge in [0.25, 0.3) is 0 Å².